The summed E-state index contributed by atoms with van der Waals surface area (Å²) >= 11 is 0. The number of ether oxygens (including phenoxy) is 3. The van der Waals surface area contributed by atoms with Gasteiger partial charge in [-0.2, -0.15) is 0 Å². The average Bonchev–Trinajstić information content (AvgIpc) is 2.74. The summed E-state index contributed by atoms with van der Waals surface area (Å²) in [6.07, 6.45) is 11.1. The topological polar surface area (TPSA) is 61.8 Å². The first kappa shape index (κ1) is 22.8. The van der Waals surface area contributed by atoms with Crippen molar-refractivity contribution < 1.29 is 23.8 Å². The first-order chi connectivity index (χ1) is 13.5. The van der Waals surface area contributed by atoms with Gasteiger partial charge in [0, 0.05) is 0 Å². The fraction of sp³-hybridized carbons (Fsp3) is 0.826. The third-order valence-corrected chi connectivity index (χ3v) is 6.29. The van der Waals surface area contributed by atoms with Crippen molar-refractivity contribution in [1.82, 2.24) is 0 Å². The molecular weight excluding hydrogens is 356 g/mol. The van der Waals surface area contributed by atoms with E-state index in [0.29, 0.717) is 18.8 Å². The van der Waals surface area contributed by atoms with Gasteiger partial charge in [0.05, 0.1) is 29.6 Å². The molecule has 0 heterocycles. The monoisotopic (exact) mass is 394 g/mol. The molecule has 0 bridgehead atoms. The van der Waals surface area contributed by atoms with Gasteiger partial charge in [-0.3, -0.25) is 9.59 Å². The molecule has 2 aliphatic rings. The minimum atomic E-state index is -0.534. The number of esters is 2. The van der Waals surface area contributed by atoms with E-state index in [4.69, 9.17) is 14.2 Å². The quantitative estimate of drug-likeness (QED) is 0.377. The lowest BCUT2D eigenvalue weighted by molar-refractivity contribution is -0.163. The average molecular weight is 395 g/mol. The Kier molecular flexibility index (Phi) is 9.33. The zero-order valence-corrected chi connectivity index (χ0v) is 17.8. The normalized spacial score (nSPS) is 19.1. The SMILES string of the molecule is C=C(C)OCC(CC)(COC(=O)C1CCCCC1)COC(=O)C1CCCCC1. The summed E-state index contributed by atoms with van der Waals surface area (Å²) < 4.78 is 17.1. The molecule has 0 aromatic rings. The standard InChI is InChI=1S/C23H38O5/c1-4-23(15-26-18(2)3,16-27-21(24)19-11-7-5-8-12-19)17-28-22(25)20-13-9-6-10-14-20/h19-20H,2,4-17H2,1,3H3. The Morgan fingerprint density at radius 3 is 1.54 bits per heavy atom. The highest BCUT2D eigenvalue weighted by atomic mass is 16.6. The Morgan fingerprint density at radius 1 is 0.786 bits per heavy atom. The second kappa shape index (κ2) is 11.5. The molecule has 0 aliphatic heterocycles. The summed E-state index contributed by atoms with van der Waals surface area (Å²) in [5.41, 5.74) is -0.534. The van der Waals surface area contributed by atoms with Gasteiger partial charge in [-0.15, -0.1) is 0 Å². The van der Waals surface area contributed by atoms with Crippen molar-refractivity contribution in [3.63, 3.8) is 0 Å². The molecule has 160 valence electrons. The van der Waals surface area contributed by atoms with Gasteiger partial charge in [0.15, 0.2) is 0 Å². The number of allylic oxidation sites excluding steroid dienone is 1. The number of rotatable bonds is 10. The predicted octanol–water partition coefficient (Wildman–Crippen LogP) is 5.18. The highest BCUT2D eigenvalue weighted by Crippen LogP contribution is 2.30. The summed E-state index contributed by atoms with van der Waals surface area (Å²) in [5, 5.41) is 0. The molecule has 2 saturated carbocycles. The van der Waals surface area contributed by atoms with Gasteiger partial charge in [-0.25, -0.2) is 0 Å². The summed E-state index contributed by atoms with van der Waals surface area (Å²) in [6.45, 7) is 8.36. The zero-order valence-electron chi connectivity index (χ0n) is 17.8. The maximum absolute atomic E-state index is 12.5. The molecule has 0 aromatic heterocycles. The molecule has 0 aromatic carbocycles. The van der Waals surface area contributed by atoms with E-state index in [-0.39, 0.29) is 37.0 Å². The van der Waals surface area contributed by atoms with Crippen LogP contribution in [0.25, 0.3) is 0 Å². The minimum Gasteiger partial charge on any atom is -0.498 e. The number of carbonyl (C=O) groups is 2. The molecule has 0 spiro atoms. The van der Waals surface area contributed by atoms with Gasteiger partial charge < -0.3 is 14.2 Å². The minimum absolute atomic E-state index is 0.00940. The number of hydrogen-bond donors (Lipinski definition) is 0. The lowest BCUT2D eigenvalue weighted by atomic mass is 9.86. The van der Waals surface area contributed by atoms with Crippen LogP contribution in [0.1, 0.15) is 84.5 Å². The van der Waals surface area contributed by atoms with Crippen molar-refractivity contribution in [1.29, 1.82) is 0 Å². The molecule has 5 heteroatoms. The van der Waals surface area contributed by atoms with Crippen molar-refractivity contribution in [3.8, 4) is 0 Å². The predicted molar refractivity (Wildman–Crippen MR) is 109 cm³/mol. The van der Waals surface area contributed by atoms with Crippen molar-refractivity contribution in [2.75, 3.05) is 19.8 Å². The lowest BCUT2D eigenvalue weighted by Gasteiger charge is -2.33. The highest BCUT2D eigenvalue weighted by Gasteiger charge is 2.35. The van der Waals surface area contributed by atoms with E-state index in [1.165, 1.54) is 12.8 Å². The van der Waals surface area contributed by atoms with Crippen LogP contribution in [0.5, 0.6) is 0 Å². The van der Waals surface area contributed by atoms with Gasteiger partial charge in [0.1, 0.15) is 13.2 Å². The molecule has 0 saturated heterocycles. The largest absolute Gasteiger partial charge is 0.498 e. The summed E-state index contributed by atoms with van der Waals surface area (Å²) in [5.74, 6) is 0.387. The lowest BCUT2D eigenvalue weighted by Crippen LogP contribution is -2.39. The molecule has 0 radical (unpaired) electrons. The highest BCUT2D eigenvalue weighted by molar-refractivity contribution is 5.73. The zero-order chi connectivity index (χ0) is 20.4. The van der Waals surface area contributed by atoms with Crippen molar-refractivity contribution in [3.05, 3.63) is 12.3 Å². The van der Waals surface area contributed by atoms with E-state index < -0.39 is 5.41 Å². The van der Waals surface area contributed by atoms with Crippen LogP contribution in [0.4, 0.5) is 0 Å². The Balaban J connectivity index is 1.93. The molecule has 2 aliphatic carbocycles. The van der Waals surface area contributed by atoms with E-state index in [1.807, 2.05) is 6.92 Å². The van der Waals surface area contributed by atoms with E-state index in [9.17, 15) is 9.59 Å². The van der Waals surface area contributed by atoms with E-state index in [1.54, 1.807) is 6.92 Å². The first-order valence-corrected chi connectivity index (χ1v) is 11.1. The Labute approximate surface area is 170 Å². The van der Waals surface area contributed by atoms with E-state index in [0.717, 1.165) is 51.4 Å². The first-order valence-electron chi connectivity index (χ1n) is 11.1. The van der Waals surface area contributed by atoms with Crippen LogP contribution in [-0.4, -0.2) is 31.8 Å². The Morgan fingerprint density at radius 2 is 1.18 bits per heavy atom. The second-order valence-electron chi connectivity index (χ2n) is 8.73. The van der Waals surface area contributed by atoms with Crippen molar-refractivity contribution >= 4 is 11.9 Å². The molecule has 28 heavy (non-hydrogen) atoms. The number of carbonyl (C=O) groups excluding carboxylic acids is 2. The molecule has 0 atom stereocenters. The van der Waals surface area contributed by atoms with E-state index >= 15 is 0 Å². The van der Waals surface area contributed by atoms with Gasteiger partial charge in [0.2, 0.25) is 0 Å². The van der Waals surface area contributed by atoms with Crippen LogP contribution in [0.2, 0.25) is 0 Å². The van der Waals surface area contributed by atoms with Crippen LogP contribution in [0.15, 0.2) is 12.3 Å². The molecule has 0 N–H and O–H groups in total. The van der Waals surface area contributed by atoms with Crippen molar-refractivity contribution in [2.45, 2.75) is 84.5 Å². The fourth-order valence-electron chi connectivity index (χ4n) is 4.07. The third kappa shape index (κ3) is 7.14. The maximum Gasteiger partial charge on any atom is 0.308 e. The van der Waals surface area contributed by atoms with Gasteiger partial charge in [-0.1, -0.05) is 52.0 Å². The molecular formula is C23H38O5. The Hall–Kier alpha value is -1.52. The maximum atomic E-state index is 12.5. The summed E-state index contributed by atoms with van der Waals surface area (Å²) in [6, 6.07) is 0. The smallest absolute Gasteiger partial charge is 0.308 e. The van der Waals surface area contributed by atoms with Gasteiger partial charge in [0.25, 0.3) is 0 Å². The van der Waals surface area contributed by atoms with Gasteiger partial charge >= 0.3 is 11.9 Å². The van der Waals surface area contributed by atoms with Crippen molar-refractivity contribution in [2.24, 2.45) is 17.3 Å². The molecule has 0 amide bonds. The van der Waals surface area contributed by atoms with Gasteiger partial charge in [-0.05, 0) is 39.0 Å². The molecule has 0 unspecified atom stereocenters. The van der Waals surface area contributed by atoms with Crippen LogP contribution in [0.3, 0.4) is 0 Å². The van der Waals surface area contributed by atoms with Crippen LogP contribution in [0, 0.1) is 17.3 Å². The summed E-state index contributed by atoms with van der Waals surface area (Å²) in [7, 11) is 0. The third-order valence-electron chi connectivity index (χ3n) is 6.29. The van der Waals surface area contributed by atoms with Crippen LogP contribution >= 0.6 is 0 Å². The van der Waals surface area contributed by atoms with Crippen LogP contribution in [-0.2, 0) is 23.8 Å². The molecule has 2 fully saturated rings. The number of hydrogen-bond acceptors (Lipinski definition) is 5. The van der Waals surface area contributed by atoms with Crippen LogP contribution < -0.4 is 0 Å². The molecule has 5 nitrogen and oxygen atoms in total. The Bertz CT molecular complexity index is 481. The van der Waals surface area contributed by atoms with E-state index in [2.05, 4.69) is 6.58 Å². The second-order valence-corrected chi connectivity index (χ2v) is 8.73. The summed E-state index contributed by atoms with van der Waals surface area (Å²) in [4.78, 5) is 25.0. The molecule has 2 rings (SSSR count). The fourth-order valence-corrected chi connectivity index (χ4v) is 4.07.